The lowest BCUT2D eigenvalue weighted by molar-refractivity contribution is 0.0740. The summed E-state index contributed by atoms with van der Waals surface area (Å²) in [6.07, 6.45) is 4.85. The molecule has 0 atom stereocenters. The highest BCUT2D eigenvalue weighted by molar-refractivity contribution is 5.92. The van der Waals surface area contributed by atoms with E-state index in [1.807, 2.05) is 23.1 Å². The molecule has 0 bridgehead atoms. The van der Waals surface area contributed by atoms with Gasteiger partial charge in [0, 0.05) is 38.4 Å². The maximum Gasteiger partial charge on any atom is 0.274 e. The number of amides is 1. The number of hydrogen-bond acceptors (Lipinski definition) is 5. The van der Waals surface area contributed by atoms with Gasteiger partial charge in [0.2, 0.25) is 0 Å². The summed E-state index contributed by atoms with van der Waals surface area (Å²) in [4.78, 5) is 25.1. The van der Waals surface area contributed by atoms with Gasteiger partial charge in [0.25, 0.3) is 5.91 Å². The molecule has 3 rings (SSSR count). The molecule has 0 radical (unpaired) electrons. The summed E-state index contributed by atoms with van der Waals surface area (Å²) in [5.74, 6) is 0.575. The number of nitrogens with one attached hydrogen (secondary N) is 1. The summed E-state index contributed by atoms with van der Waals surface area (Å²) in [6.45, 7) is 7.27. The molecular formula is C18H21N5O. The second kappa shape index (κ2) is 7.59. The van der Waals surface area contributed by atoms with Crippen LogP contribution in [0.2, 0.25) is 0 Å². The van der Waals surface area contributed by atoms with E-state index in [0.29, 0.717) is 31.1 Å². The van der Waals surface area contributed by atoms with E-state index in [2.05, 4.69) is 38.9 Å². The first-order valence-corrected chi connectivity index (χ1v) is 8.04. The average Bonchev–Trinajstić information content (AvgIpc) is 2.67. The van der Waals surface area contributed by atoms with Gasteiger partial charge >= 0.3 is 0 Å². The number of carbonyl (C=O) groups excluding carboxylic acids is 1. The second-order valence-electron chi connectivity index (χ2n) is 5.57. The number of hydrogen-bond donors (Lipinski definition) is 1. The first-order chi connectivity index (χ1) is 11.8. The molecule has 1 aliphatic rings. The monoisotopic (exact) mass is 323 g/mol. The first kappa shape index (κ1) is 16.0. The van der Waals surface area contributed by atoms with Crippen molar-refractivity contribution in [3.05, 3.63) is 61.1 Å². The molecule has 0 unspecified atom stereocenters. The minimum absolute atomic E-state index is 0.0644. The second-order valence-corrected chi connectivity index (χ2v) is 5.57. The Labute approximate surface area is 141 Å². The largest absolute Gasteiger partial charge is 0.368 e. The molecule has 24 heavy (non-hydrogen) atoms. The Kier molecular flexibility index (Phi) is 5.05. The van der Waals surface area contributed by atoms with E-state index in [4.69, 9.17) is 0 Å². The van der Waals surface area contributed by atoms with Gasteiger partial charge < -0.3 is 15.1 Å². The van der Waals surface area contributed by atoms with Crippen molar-refractivity contribution in [1.29, 1.82) is 0 Å². The maximum absolute atomic E-state index is 12.5. The Balaban J connectivity index is 1.58. The fourth-order valence-electron chi connectivity index (χ4n) is 2.68. The molecule has 1 amide bonds. The predicted molar refractivity (Wildman–Crippen MR) is 95.3 cm³/mol. The third-order valence-electron chi connectivity index (χ3n) is 3.99. The third-order valence-corrected chi connectivity index (χ3v) is 3.99. The number of para-hydroxylation sites is 1. The van der Waals surface area contributed by atoms with Crippen LogP contribution in [0.4, 0.5) is 11.5 Å². The molecule has 124 valence electrons. The number of rotatable bonds is 5. The number of piperazine rings is 1. The lowest BCUT2D eigenvalue weighted by atomic mass is 10.2. The minimum Gasteiger partial charge on any atom is -0.368 e. The molecule has 1 N–H and O–H groups in total. The van der Waals surface area contributed by atoms with Gasteiger partial charge in [-0.1, -0.05) is 24.3 Å². The topological polar surface area (TPSA) is 61.4 Å². The minimum atomic E-state index is -0.0644. The first-order valence-electron chi connectivity index (χ1n) is 8.04. The van der Waals surface area contributed by atoms with E-state index in [-0.39, 0.29) is 5.91 Å². The van der Waals surface area contributed by atoms with Crippen LogP contribution in [0.5, 0.6) is 0 Å². The molecule has 0 aliphatic carbocycles. The van der Waals surface area contributed by atoms with E-state index in [9.17, 15) is 4.79 Å². The smallest absolute Gasteiger partial charge is 0.274 e. The summed E-state index contributed by atoms with van der Waals surface area (Å²) in [5, 5.41) is 3.04. The zero-order valence-electron chi connectivity index (χ0n) is 13.6. The van der Waals surface area contributed by atoms with Crippen LogP contribution in [-0.4, -0.2) is 53.5 Å². The molecule has 6 heteroatoms. The highest BCUT2D eigenvalue weighted by Crippen LogP contribution is 2.16. The third kappa shape index (κ3) is 3.71. The van der Waals surface area contributed by atoms with Crippen LogP contribution in [0.25, 0.3) is 0 Å². The van der Waals surface area contributed by atoms with Crippen LogP contribution < -0.4 is 10.2 Å². The van der Waals surface area contributed by atoms with Gasteiger partial charge in [-0.15, -0.1) is 6.58 Å². The van der Waals surface area contributed by atoms with Crippen molar-refractivity contribution in [3.63, 3.8) is 0 Å². The Morgan fingerprint density at radius 1 is 1.12 bits per heavy atom. The number of nitrogens with zero attached hydrogens (tertiary/aromatic N) is 4. The number of benzene rings is 1. The fraction of sp³-hybridized carbons (Fsp3) is 0.278. The van der Waals surface area contributed by atoms with Crippen LogP contribution in [-0.2, 0) is 0 Å². The molecule has 6 nitrogen and oxygen atoms in total. The van der Waals surface area contributed by atoms with Gasteiger partial charge in [-0.25, -0.2) is 9.97 Å². The molecule has 1 aromatic carbocycles. The van der Waals surface area contributed by atoms with Crippen molar-refractivity contribution < 1.29 is 4.79 Å². The summed E-state index contributed by atoms with van der Waals surface area (Å²) >= 11 is 0. The molecule has 1 fully saturated rings. The fourth-order valence-corrected chi connectivity index (χ4v) is 2.68. The molecular weight excluding hydrogens is 302 g/mol. The van der Waals surface area contributed by atoms with Crippen LogP contribution in [0.15, 0.2) is 55.4 Å². The van der Waals surface area contributed by atoms with E-state index in [0.717, 1.165) is 13.1 Å². The van der Waals surface area contributed by atoms with Crippen molar-refractivity contribution >= 4 is 17.4 Å². The van der Waals surface area contributed by atoms with Crippen molar-refractivity contribution in [2.45, 2.75) is 0 Å². The van der Waals surface area contributed by atoms with Crippen LogP contribution in [0.1, 0.15) is 10.5 Å². The van der Waals surface area contributed by atoms with Gasteiger partial charge in [0.1, 0.15) is 11.5 Å². The van der Waals surface area contributed by atoms with Crippen molar-refractivity contribution in [1.82, 2.24) is 14.9 Å². The Hall–Kier alpha value is -2.89. The summed E-state index contributed by atoms with van der Waals surface area (Å²) < 4.78 is 0. The lowest BCUT2D eigenvalue weighted by Gasteiger charge is -2.35. The number of carbonyl (C=O) groups is 1. The quantitative estimate of drug-likeness (QED) is 0.853. The lowest BCUT2D eigenvalue weighted by Crippen LogP contribution is -2.49. The average molecular weight is 323 g/mol. The van der Waals surface area contributed by atoms with Gasteiger partial charge in [-0.05, 0) is 12.1 Å². The van der Waals surface area contributed by atoms with Crippen LogP contribution >= 0.6 is 0 Å². The molecule has 2 aromatic rings. The van der Waals surface area contributed by atoms with Crippen molar-refractivity contribution in [2.75, 3.05) is 42.9 Å². The SMILES string of the molecule is C=CCNc1cnc(C(=O)N2CCN(c3ccccc3)CC2)cn1. The van der Waals surface area contributed by atoms with Gasteiger partial charge in [-0.3, -0.25) is 4.79 Å². The van der Waals surface area contributed by atoms with Crippen LogP contribution in [0.3, 0.4) is 0 Å². The van der Waals surface area contributed by atoms with Crippen LogP contribution in [0, 0.1) is 0 Å². The van der Waals surface area contributed by atoms with Gasteiger partial charge in [0.05, 0.1) is 12.4 Å². The Morgan fingerprint density at radius 2 is 1.88 bits per heavy atom. The standard InChI is InChI=1S/C18H21N5O/c1-2-8-19-17-14-20-16(13-21-17)18(24)23-11-9-22(10-12-23)15-6-4-3-5-7-15/h2-7,13-14H,1,8-12H2,(H,19,21). The Bertz CT molecular complexity index is 678. The molecule has 2 heterocycles. The number of aromatic nitrogens is 2. The zero-order valence-corrected chi connectivity index (χ0v) is 13.6. The Morgan fingerprint density at radius 3 is 2.50 bits per heavy atom. The van der Waals surface area contributed by atoms with Crippen molar-refractivity contribution in [2.24, 2.45) is 0 Å². The molecule has 1 aliphatic heterocycles. The highest BCUT2D eigenvalue weighted by atomic mass is 16.2. The van der Waals surface area contributed by atoms with E-state index >= 15 is 0 Å². The predicted octanol–water partition coefficient (Wildman–Crippen LogP) is 2.04. The zero-order chi connectivity index (χ0) is 16.8. The summed E-state index contributed by atoms with van der Waals surface area (Å²) in [7, 11) is 0. The maximum atomic E-state index is 12.5. The molecule has 0 saturated carbocycles. The van der Waals surface area contributed by atoms with Crippen molar-refractivity contribution in [3.8, 4) is 0 Å². The molecule has 0 spiro atoms. The molecule has 1 aromatic heterocycles. The normalized spacial score (nSPS) is 14.3. The van der Waals surface area contributed by atoms with E-state index in [1.165, 1.54) is 11.9 Å². The number of anilines is 2. The van der Waals surface area contributed by atoms with E-state index in [1.54, 1.807) is 12.3 Å². The summed E-state index contributed by atoms with van der Waals surface area (Å²) in [6, 6.07) is 10.3. The summed E-state index contributed by atoms with van der Waals surface area (Å²) in [5.41, 5.74) is 1.58. The van der Waals surface area contributed by atoms with E-state index < -0.39 is 0 Å². The molecule has 1 saturated heterocycles. The van der Waals surface area contributed by atoms with Gasteiger partial charge in [-0.2, -0.15) is 0 Å². The van der Waals surface area contributed by atoms with Gasteiger partial charge in [0.15, 0.2) is 0 Å². The highest BCUT2D eigenvalue weighted by Gasteiger charge is 2.23.